The van der Waals surface area contributed by atoms with Crippen molar-refractivity contribution in [2.45, 2.75) is 31.9 Å². The van der Waals surface area contributed by atoms with Crippen LogP contribution in [-0.2, 0) is 11.3 Å². The average Bonchev–Trinajstić information content (AvgIpc) is 2.72. The molecule has 0 radical (unpaired) electrons. The van der Waals surface area contributed by atoms with Gasteiger partial charge in [0.25, 0.3) is 0 Å². The lowest BCUT2D eigenvalue weighted by Crippen LogP contribution is -2.34. The normalized spacial score (nSPS) is 23.6. The van der Waals surface area contributed by atoms with Gasteiger partial charge in [-0.15, -0.1) is 0 Å². The Balaban J connectivity index is 1.88. The van der Waals surface area contributed by atoms with Crippen molar-refractivity contribution in [3.8, 4) is 0 Å². The summed E-state index contributed by atoms with van der Waals surface area (Å²) in [6.45, 7) is 0.461. The number of carbonyl (C=O) groups is 1. The zero-order valence-corrected chi connectivity index (χ0v) is 10.3. The largest absolute Gasteiger partial charge is 0.392 e. The summed E-state index contributed by atoms with van der Waals surface area (Å²) in [7, 11) is 0. The van der Waals surface area contributed by atoms with Crippen molar-refractivity contribution in [2.75, 3.05) is 0 Å². The van der Waals surface area contributed by atoms with Crippen LogP contribution in [0.25, 0.3) is 0 Å². The van der Waals surface area contributed by atoms with Crippen molar-refractivity contribution in [3.63, 3.8) is 0 Å². The third-order valence-corrected chi connectivity index (χ3v) is 3.41. The van der Waals surface area contributed by atoms with Crippen molar-refractivity contribution >= 4 is 17.5 Å². The lowest BCUT2D eigenvalue weighted by Gasteiger charge is -2.14. The summed E-state index contributed by atoms with van der Waals surface area (Å²) < 4.78 is 0. The summed E-state index contributed by atoms with van der Waals surface area (Å²) in [5, 5.41) is 13.1. The first-order valence-corrected chi connectivity index (χ1v) is 6.25. The summed E-state index contributed by atoms with van der Waals surface area (Å²) >= 11 is 5.86. The molecule has 1 saturated carbocycles. The minimum Gasteiger partial charge on any atom is -0.392 e. The van der Waals surface area contributed by atoms with E-state index in [0.717, 1.165) is 24.8 Å². The third-order valence-electron chi connectivity index (χ3n) is 3.17. The van der Waals surface area contributed by atoms with E-state index in [9.17, 15) is 9.90 Å². The molecule has 2 atom stereocenters. The van der Waals surface area contributed by atoms with Gasteiger partial charge in [-0.05, 0) is 37.0 Å². The Morgan fingerprint density at radius 2 is 2.29 bits per heavy atom. The number of hydrogen-bond donors (Lipinski definition) is 2. The van der Waals surface area contributed by atoms with E-state index in [0.29, 0.717) is 11.6 Å². The number of rotatable bonds is 3. The van der Waals surface area contributed by atoms with Crippen molar-refractivity contribution in [1.29, 1.82) is 0 Å². The van der Waals surface area contributed by atoms with Crippen molar-refractivity contribution < 1.29 is 9.90 Å². The summed E-state index contributed by atoms with van der Waals surface area (Å²) in [4.78, 5) is 11.8. The molecule has 0 saturated heterocycles. The van der Waals surface area contributed by atoms with E-state index >= 15 is 0 Å². The summed E-state index contributed by atoms with van der Waals surface area (Å²) in [5.41, 5.74) is 0.971. The Morgan fingerprint density at radius 3 is 2.94 bits per heavy atom. The highest BCUT2D eigenvalue weighted by molar-refractivity contribution is 6.30. The maximum Gasteiger partial charge on any atom is 0.225 e. The van der Waals surface area contributed by atoms with Crippen molar-refractivity contribution in [2.24, 2.45) is 5.92 Å². The number of aliphatic hydroxyl groups excluding tert-OH is 1. The second-order valence-electron chi connectivity index (χ2n) is 4.45. The summed E-state index contributed by atoms with van der Waals surface area (Å²) in [5.74, 6) is -0.302. The molecule has 0 aliphatic heterocycles. The van der Waals surface area contributed by atoms with Crippen LogP contribution in [0.4, 0.5) is 0 Å². The second-order valence-corrected chi connectivity index (χ2v) is 4.89. The zero-order chi connectivity index (χ0) is 12.3. The van der Waals surface area contributed by atoms with Crippen LogP contribution in [0.5, 0.6) is 0 Å². The first-order chi connectivity index (χ1) is 8.16. The van der Waals surface area contributed by atoms with E-state index in [1.165, 1.54) is 0 Å². The van der Waals surface area contributed by atoms with Gasteiger partial charge in [0.05, 0.1) is 12.0 Å². The van der Waals surface area contributed by atoms with E-state index in [1.54, 1.807) is 6.07 Å². The van der Waals surface area contributed by atoms with Gasteiger partial charge in [-0.25, -0.2) is 0 Å². The number of halogens is 1. The average molecular weight is 254 g/mol. The van der Waals surface area contributed by atoms with Crippen LogP contribution >= 0.6 is 11.6 Å². The van der Waals surface area contributed by atoms with E-state index in [2.05, 4.69) is 5.32 Å². The Hall–Kier alpha value is -1.06. The number of carbonyl (C=O) groups excluding carboxylic acids is 1. The number of aliphatic hydroxyl groups is 1. The van der Waals surface area contributed by atoms with Crippen LogP contribution in [-0.4, -0.2) is 17.1 Å². The predicted molar refractivity (Wildman–Crippen MR) is 66.6 cm³/mol. The molecular weight excluding hydrogens is 238 g/mol. The molecule has 92 valence electrons. The van der Waals surface area contributed by atoms with E-state index in [-0.39, 0.29) is 11.8 Å². The Bertz CT molecular complexity index is 408. The van der Waals surface area contributed by atoms with Gasteiger partial charge in [0, 0.05) is 11.6 Å². The molecule has 17 heavy (non-hydrogen) atoms. The molecule has 2 N–H and O–H groups in total. The predicted octanol–water partition coefficient (Wildman–Crippen LogP) is 2.12. The van der Waals surface area contributed by atoms with Crippen LogP contribution in [0, 0.1) is 5.92 Å². The van der Waals surface area contributed by atoms with E-state index < -0.39 is 6.10 Å². The SMILES string of the molecule is O=C(NCc1cccc(Cl)c1)C1CCCC1O. The molecule has 1 aromatic rings. The Labute approximate surface area is 106 Å². The lowest BCUT2D eigenvalue weighted by atomic mass is 10.1. The Morgan fingerprint density at radius 1 is 1.47 bits per heavy atom. The first kappa shape index (κ1) is 12.4. The highest BCUT2D eigenvalue weighted by Gasteiger charge is 2.31. The fourth-order valence-corrected chi connectivity index (χ4v) is 2.43. The maximum atomic E-state index is 11.8. The zero-order valence-electron chi connectivity index (χ0n) is 9.53. The minimum absolute atomic E-state index is 0.0602. The van der Waals surface area contributed by atoms with Crippen LogP contribution in [0.3, 0.4) is 0 Å². The van der Waals surface area contributed by atoms with Crippen LogP contribution in [0.1, 0.15) is 24.8 Å². The highest BCUT2D eigenvalue weighted by atomic mass is 35.5. The number of amides is 1. The first-order valence-electron chi connectivity index (χ1n) is 5.87. The van der Waals surface area contributed by atoms with Gasteiger partial charge >= 0.3 is 0 Å². The summed E-state index contributed by atoms with van der Waals surface area (Å²) in [6, 6.07) is 7.39. The lowest BCUT2D eigenvalue weighted by molar-refractivity contribution is -0.127. The van der Waals surface area contributed by atoms with Crippen LogP contribution in [0.2, 0.25) is 5.02 Å². The molecule has 0 heterocycles. The third kappa shape index (κ3) is 3.20. The van der Waals surface area contributed by atoms with Gasteiger partial charge in [-0.1, -0.05) is 23.7 Å². The summed E-state index contributed by atoms with van der Waals surface area (Å²) in [6.07, 6.45) is 1.96. The molecule has 1 fully saturated rings. The molecule has 2 rings (SSSR count). The molecular formula is C13H16ClNO2. The topological polar surface area (TPSA) is 49.3 Å². The number of nitrogens with one attached hydrogen (secondary N) is 1. The molecule has 2 unspecified atom stereocenters. The smallest absolute Gasteiger partial charge is 0.225 e. The second kappa shape index (κ2) is 5.52. The number of hydrogen-bond acceptors (Lipinski definition) is 2. The van der Waals surface area contributed by atoms with Crippen molar-refractivity contribution in [3.05, 3.63) is 34.9 Å². The van der Waals surface area contributed by atoms with E-state index in [4.69, 9.17) is 11.6 Å². The monoisotopic (exact) mass is 253 g/mol. The van der Waals surface area contributed by atoms with Crippen LogP contribution in [0.15, 0.2) is 24.3 Å². The fourth-order valence-electron chi connectivity index (χ4n) is 2.21. The maximum absolute atomic E-state index is 11.8. The molecule has 1 aliphatic carbocycles. The van der Waals surface area contributed by atoms with Gasteiger partial charge in [0.15, 0.2) is 0 Å². The molecule has 4 heteroatoms. The van der Waals surface area contributed by atoms with Crippen molar-refractivity contribution in [1.82, 2.24) is 5.32 Å². The number of benzene rings is 1. The Kier molecular flexibility index (Phi) is 4.02. The molecule has 0 spiro atoms. The quantitative estimate of drug-likeness (QED) is 0.867. The molecule has 1 aliphatic rings. The minimum atomic E-state index is -0.477. The molecule has 3 nitrogen and oxygen atoms in total. The van der Waals surface area contributed by atoms with Gasteiger partial charge in [-0.3, -0.25) is 4.79 Å². The molecule has 0 bridgehead atoms. The molecule has 1 aromatic carbocycles. The van der Waals surface area contributed by atoms with Gasteiger partial charge in [0.2, 0.25) is 5.91 Å². The van der Waals surface area contributed by atoms with Crippen LogP contribution < -0.4 is 5.32 Å². The van der Waals surface area contributed by atoms with Gasteiger partial charge in [-0.2, -0.15) is 0 Å². The molecule has 1 amide bonds. The van der Waals surface area contributed by atoms with E-state index in [1.807, 2.05) is 18.2 Å². The van der Waals surface area contributed by atoms with Gasteiger partial charge in [0.1, 0.15) is 0 Å². The van der Waals surface area contributed by atoms with Gasteiger partial charge < -0.3 is 10.4 Å². The molecule has 0 aromatic heterocycles. The highest BCUT2D eigenvalue weighted by Crippen LogP contribution is 2.25. The fraction of sp³-hybridized carbons (Fsp3) is 0.462. The standard InChI is InChI=1S/C13H16ClNO2/c14-10-4-1-3-9(7-10)8-15-13(17)11-5-2-6-12(11)16/h1,3-4,7,11-12,16H,2,5-6,8H2,(H,15,17).